The van der Waals surface area contributed by atoms with E-state index in [4.69, 9.17) is 19.2 Å². The summed E-state index contributed by atoms with van der Waals surface area (Å²) in [5, 5.41) is 57.7. The number of nitrogens with one attached hydrogen (secondary N) is 3. The minimum absolute atomic E-state index is 0. The van der Waals surface area contributed by atoms with Crippen LogP contribution in [0.15, 0.2) is 134 Å². The number of amides is 1. The second-order valence-corrected chi connectivity index (χ2v) is 16.5. The maximum atomic E-state index is 12.3. The third-order valence-electron chi connectivity index (χ3n) is 8.38. The fourth-order valence-electron chi connectivity index (χ4n) is 5.47. The molecule has 0 radical (unpaired) electrons. The topological polar surface area (TPSA) is 378 Å². The first-order valence-electron chi connectivity index (χ1n) is 18.2. The van der Waals surface area contributed by atoms with Crippen molar-refractivity contribution in [1.29, 1.82) is 10.5 Å². The van der Waals surface area contributed by atoms with Crippen LogP contribution in [-0.2, 0) is 49.1 Å². The largest absolute Gasteiger partial charge is 1.00 e. The van der Waals surface area contributed by atoms with Gasteiger partial charge in [-0.05, 0) is 73.2 Å². The molecule has 0 bridgehead atoms. The number of thiophene rings is 1. The summed E-state index contributed by atoms with van der Waals surface area (Å²) in [6.45, 7) is 4.88. The molecule has 3 N–H and O–H groups in total. The van der Waals surface area contributed by atoms with E-state index in [0.717, 1.165) is 35.6 Å². The normalized spacial score (nSPS) is 10.0. The molecule has 6 rings (SSSR count). The second-order valence-electron chi connectivity index (χ2n) is 12.7. The Balaban J connectivity index is 0. The van der Waals surface area contributed by atoms with E-state index in [1.54, 1.807) is 42.5 Å². The Morgan fingerprint density at radius 1 is 0.712 bits per heavy atom. The van der Waals surface area contributed by atoms with Gasteiger partial charge >= 0.3 is 107 Å². The first-order chi connectivity index (χ1) is 32.4. The standard InChI is InChI=1S/C40H28N10O9S3.2CO2.5Li/c1-23(59-52)20-34(51)43-26-10-8-25(9-11-26)35-33(22-42)39(60-40(35)50-47-29-6-4-3-5-7-29)49-48-36-24(2)32(21-41)37(44-27-12-16-30(17-13-27)61(53,54)55)46-38(36)45-28-14-18-31(19-15-28)62(56,57)58;2*2-1-3;;;;;/h3,6-19,52H,1,20H2,2H3,(H,43,51)(H2,44,45,46)(H,53,54,55)(H,56,57,58);;;;;;;/q-2;;;5*+1/p-3. The maximum Gasteiger partial charge on any atom is 1.00 e. The van der Waals surface area contributed by atoms with Crippen LogP contribution >= 0.6 is 11.3 Å². The van der Waals surface area contributed by atoms with Gasteiger partial charge in [0, 0.05) is 28.2 Å². The van der Waals surface area contributed by atoms with Gasteiger partial charge in [-0.1, -0.05) is 30.0 Å². The summed E-state index contributed by atoms with van der Waals surface area (Å²) in [6.07, 6.45) is 0.131. The summed E-state index contributed by atoms with van der Waals surface area (Å²) in [6, 6.07) is 30.4. The molecule has 0 saturated heterocycles. The molecule has 1 amide bonds. The average molecular weight is 1010 g/mol. The molecule has 2 aromatic heterocycles. The molecule has 0 unspecified atom stereocenters. The molecule has 0 aliphatic heterocycles. The van der Waals surface area contributed by atoms with Gasteiger partial charge in [0.15, 0.2) is 16.6 Å². The van der Waals surface area contributed by atoms with Gasteiger partial charge in [0.05, 0.1) is 27.5 Å². The Hall–Kier alpha value is -5.95. The number of benzene rings is 4. The summed E-state index contributed by atoms with van der Waals surface area (Å²) in [5.41, 5.74) is 2.21. The summed E-state index contributed by atoms with van der Waals surface area (Å²) in [7, 11) is -9.52. The predicted octanol–water partition coefficient (Wildman–Crippen LogP) is -8.42. The molecule has 2 heterocycles. The third kappa shape index (κ3) is 20.1. The molecule has 0 atom stereocenters. The molecule has 31 heteroatoms. The number of carbonyl (C=O) groups excluding carboxylic acids is 5. The molecule has 0 aliphatic rings. The van der Waals surface area contributed by atoms with Crippen LogP contribution in [0.4, 0.5) is 50.1 Å². The quantitative estimate of drug-likeness (QED) is 0.0164. The minimum Gasteiger partial charge on any atom is -0.744 e. The second kappa shape index (κ2) is 33.0. The number of hydrogen-bond donors (Lipinski definition) is 3. The maximum absolute atomic E-state index is 12.3. The Morgan fingerprint density at radius 2 is 1.16 bits per heavy atom. The van der Waals surface area contributed by atoms with Crippen molar-refractivity contribution in [3.63, 3.8) is 0 Å². The van der Waals surface area contributed by atoms with Crippen molar-refractivity contribution in [2.45, 2.75) is 23.1 Å². The number of nitrogens with zero attached hydrogens (tertiary/aromatic N) is 7. The van der Waals surface area contributed by atoms with E-state index in [2.05, 4.69) is 77.1 Å². The van der Waals surface area contributed by atoms with Gasteiger partial charge in [-0.3, -0.25) is 22.0 Å². The van der Waals surface area contributed by atoms with Crippen molar-refractivity contribution in [3.8, 4) is 23.3 Å². The van der Waals surface area contributed by atoms with Gasteiger partial charge in [0.2, 0.25) is 5.91 Å². The molecule has 73 heavy (non-hydrogen) atoms. The summed E-state index contributed by atoms with van der Waals surface area (Å²) < 4.78 is 69.2. The Labute approximate surface area is 480 Å². The number of pyridine rings is 1. The minimum atomic E-state index is -4.78. The van der Waals surface area contributed by atoms with E-state index >= 15 is 0 Å². The van der Waals surface area contributed by atoms with Gasteiger partial charge in [-0.15, -0.1) is 15.9 Å². The number of nitriles is 2. The van der Waals surface area contributed by atoms with Crippen LogP contribution in [0.3, 0.4) is 0 Å². The summed E-state index contributed by atoms with van der Waals surface area (Å²) in [5.74, 6) is -0.912. The van der Waals surface area contributed by atoms with Crippen molar-refractivity contribution in [2.24, 2.45) is 20.5 Å². The number of carbonyl (C=O) groups is 1. The Bertz CT molecular complexity index is 3280. The van der Waals surface area contributed by atoms with Crippen molar-refractivity contribution in [1.82, 2.24) is 4.98 Å². The first kappa shape index (κ1) is 69.1. The van der Waals surface area contributed by atoms with Crippen molar-refractivity contribution in [3.05, 3.63) is 132 Å². The van der Waals surface area contributed by atoms with Crippen LogP contribution < -0.4 is 116 Å². The zero-order valence-electron chi connectivity index (χ0n) is 39.2. The van der Waals surface area contributed by atoms with Crippen LogP contribution in [0.5, 0.6) is 0 Å². The molecule has 344 valence electrons. The van der Waals surface area contributed by atoms with Crippen molar-refractivity contribution in [2.75, 3.05) is 16.0 Å². The summed E-state index contributed by atoms with van der Waals surface area (Å²) in [4.78, 5) is 52.1. The SMILES string of the molecule is C=C(CC(=O)Nc1ccc(-c2c(N=Nc3c[c-]c[c-]c3)sc(N=Nc3c(Nc4ccc(S(=O)(=O)[O-])cc4)nc(Nc4ccc(S(=O)(=O)[O-])cc4)c(C#N)c3C)c2C#N)cc1)O[O-].O=C=O.O=C=O.[Li+].[Li+].[Li+].[Li+].[Li+]. The Morgan fingerprint density at radius 3 is 1.62 bits per heavy atom. The smallest absolute Gasteiger partial charge is 0.744 e. The van der Waals surface area contributed by atoms with Gasteiger partial charge in [-0.2, -0.15) is 34.8 Å². The van der Waals surface area contributed by atoms with E-state index in [1.165, 1.54) is 31.2 Å². The fraction of sp³-hybridized carbons (Fsp3) is 0.0476. The van der Waals surface area contributed by atoms with Crippen LogP contribution in [0.2, 0.25) is 0 Å². The number of rotatable bonds is 15. The van der Waals surface area contributed by atoms with Gasteiger partial charge in [0.25, 0.3) is 0 Å². The van der Waals surface area contributed by atoms with E-state index in [0.29, 0.717) is 22.5 Å². The monoisotopic (exact) mass is 1010 g/mol. The average Bonchev–Trinajstić information content (AvgIpc) is 3.66. The molecular weight excluding hydrogens is 983 g/mol. The first-order valence-corrected chi connectivity index (χ1v) is 21.8. The van der Waals surface area contributed by atoms with E-state index in [1.807, 2.05) is 0 Å². The van der Waals surface area contributed by atoms with Gasteiger partial charge < -0.3 is 53.4 Å². The van der Waals surface area contributed by atoms with Gasteiger partial charge in [0.1, 0.15) is 48.6 Å². The number of hydrogen-bond acceptors (Lipinski definition) is 23. The summed E-state index contributed by atoms with van der Waals surface area (Å²) >= 11 is 0.949. The zero-order valence-corrected chi connectivity index (χ0v) is 41.7. The molecule has 0 saturated carbocycles. The molecule has 0 fully saturated rings. The van der Waals surface area contributed by atoms with Gasteiger partial charge in [-0.25, -0.2) is 21.8 Å². The van der Waals surface area contributed by atoms with E-state index < -0.39 is 35.9 Å². The van der Waals surface area contributed by atoms with Crippen LogP contribution in [0.25, 0.3) is 11.1 Å². The predicted molar refractivity (Wildman–Crippen MR) is 229 cm³/mol. The van der Waals surface area contributed by atoms with E-state index in [-0.39, 0.29) is 174 Å². The van der Waals surface area contributed by atoms with Crippen LogP contribution in [-0.4, -0.2) is 49.1 Å². The number of aromatic nitrogens is 1. The number of anilines is 5. The van der Waals surface area contributed by atoms with Crippen molar-refractivity contribution < 1.29 is 154 Å². The fourth-order valence-corrected chi connectivity index (χ4v) is 7.33. The zero-order chi connectivity index (χ0) is 50.0. The molecular formula is C42H25Li5N10O13S3. The molecule has 0 spiro atoms. The Kier molecular flexibility index (Phi) is 31.2. The van der Waals surface area contributed by atoms with Crippen molar-refractivity contribution >= 4 is 99.9 Å². The molecule has 4 aromatic carbocycles. The molecule has 0 aliphatic carbocycles. The van der Waals surface area contributed by atoms with E-state index in [9.17, 15) is 46.5 Å². The van der Waals surface area contributed by atoms with Crippen LogP contribution in [0, 0.1) is 41.7 Å². The number of azo groups is 2. The van der Waals surface area contributed by atoms with Crippen LogP contribution in [0.1, 0.15) is 23.1 Å². The molecule has 6 aromatic rings. The third-order valence-corrected chi connectivity index (χ3v) is 11.0. The molecule has 23 nitrogen and oxygen atoms in total.